The van der Waals surface area contributed by atoms with Crippen LogP contribution in [0.15, 0.2) is 48.5 Å². The molecule has 2 heterocycles. The zero-order valence-electron chi connectivity index (χ0n) is 15.5. The molecule has 0 aliphatic carbocycles. The highest BCUT2D eigenvalue weighted by atomic mass is 19.4. The van der Waals surface area contributed by atoms with Gasteiger partial charge in [0.25, 0.3) is 11.8 Å². The fraction of sp³-hybridized carbons (Fsp3) is 0.333. The molecular weight excluding hydrogens is 385 g/mol. The maximum absolute atomic E-state index is 13.3. The van der Waals surface area contributed by atoms with Crippen molar-refractivity contribution in [1.82, 2.24) is 10.2 Å². The summed E-state index contributed by atoms with van der Waals surface area (Å²) in [6.07, 6.45) is -3.79. The van der Waals surface area contributed by atoms with Crippen LogP contribution < -0.4 is 10.1 Å². The Bertz CT molecular complexity index is 950. The number of carbonyl (C=O) groups is 2. The van der Waals surface area contributed by atoms with Crippen LogP contribution in [0.25, 0.3) is 0 Å². The van der Waals surface area contributed by atoms with Gasteiger partial charge in [0.2, 0.25) is 0 Å². The maximum Gasteiger partial charge on any atom is 0.417 e. The molecule has 0 saturated carbocycles. The van der Waals surface area contributed by atoms with Gasteiger partial charge in [-0.05, 0) is 24.3 Å². The second kappa shape index (κ2) is 7.09. The van der Waals surface area contributed by atoms with Crippen LogP contribution in [0, 0.1) is 0 Å². The number of likely N-dealkylation sites (tertiary alicyclic amines) is 1. The van der Waals surface area contributed by atoms with Crippen molar-refractivity contribution in [3.05, 3.63) is 65.2 Å². The van der Waals surface area contributed by atoms with Crippen LogP contribution in [0.2, 0.25) is 0 Å². The van der Waals surface area contributed by atoms with Gasteiger partial charge in [-0.15, -0.1) is 0 Å². The summed E-state index contributed by atoms with van der Waals surface area (Å²) in [5.41, 5.74) is -1.53. The molecule has 8 heteroatoms. The second-order valence-electron chi connectivity index (χ2n) is 7.30. The number of piperidine rings is 1. The quantitative estimate of drug-likeness (QED) is 0.792. The van der Waals surface area contributed by atoms with Gasteiger partial charge in [0.15, 0.2) is 0 Å². The van der Waals surface area contributed by atoms with Crippen LogP contribution >= 0.6 is 0 Å². The SMILES string of the molecule is O=C1NCC2(CCN(C(=O)c3ccccc3C(F)(F)F)CC2)Oc2ccccc21. The first-order valence-electron chi connectivity index (χ1n) is 9.31. The minimum Gasteiger partial charge on any atom is -0.484 e. The number of alkyl halides is 3. The third-order valence-corrected chi connectivity index (χ3v) is 5.45. The number of carbonyl (C=O) groups excluding carboxylic acids is 2. The van der Waals surface area contributed by atoms with Gasteiger partial charge in [0, 0.05) is 25.9 Å². The zero-order valence-corrected chi connectivity index (χ0v) is 15.5. The first-order valence-corrected chi connectivity index (χ1v) is 9.31. The van der Waals surface area contributed by atoms with Gasteiger partial charge in [-0.25, -0.2) is 0 Å². The molecule has 2 amide bonds. The van der Waals surface area contributed by atoms with E-state index in [1.807, 2.05) is 0 Å². The number of rotatable bonds is 1. The molecular formula is C21H19F3N2O3. The van der Waals surface area contributed by atoms with Crippen LogP contribution in [0.3, 0.4) is 0 Å². The number of halogens is 3. The van der Waals surface area contributed by atoms with Crippen LogP contribution in [0.4, 0.5) is 13.2 Å². The Morgan fingerprint density at radius 3 is 2.41 bits per heavy atom. The number of fused-ring (bicyclic) bond motifs is 1. The average Bonchev–Trinajstić information content (AvgIpc) is 2.85. The molecule has 2 aromatic carbocycles. The van der Waals surface area contributed by atoms with Gasteiger partial charge >= 0.3 is 6.18 Å². The highest BCUT2D eigenvalue weighted by Gasteiger charge is 2.42. The number of para-hydroxylation sites is 1. The average molecular weight is 404 g/mol. The first kappa shape index (κ1) is 19.3. The number of nitrogens with one attached hydrogen (secondary N) is 1. The standard InChI is InChI=1S/C21H19F3N2O3/c22-21(23,24)16-7-3-1-5-14(16)19(28)26-11-9-20(10-12-26)13-25-18(27)15-6-2-4-8-17(15)29-20/h1-8H,9-13H2,(H,25,27). The highest BCUT2D eigenvalue weighted by Crippen LogP contribution is 2.35. The van der Waals surface area contributed by atoms with Crippen molar-refractivity contribution in [3.63, 3.8) is 0 Å². The van der Waals surface area contributed by atoms with Crippen LogP contribution in [0.1, 0.15) is 39.1 Å². The summed E-state index contributed by atoms with van der Waals surface area (Å²) in [6, 6.07) is 11.7. The molecule has 2 aliphatic rings. The first-order chi connectivity index (χ1) is 13.8. The van der Waals surface area contributed by atoms with E-state index in [4.69, 9.17) is 4.74 Å². The van der Waals surface area contributed by atoms with E-state index in [9.17, 15) is 22.8 Å². The van der Waals surface area contributed by atoms with Crippen molar-refractivity contribution in [3.8, 4) is 5.75 Å². The topological polar surface area (TPSA) is 58.6 Å². The minimum absolute atomic E-state index is 0.227. The summed E-state index contributed by atoms with van der Waals surface area (Å²) in [4.78, 5) is 26.4. The molecule has 1 fully saturated rings. The largest absolute Gasteiger partial charge is 0.484 e. The summed E-state index contributed by atoms with van der Waals surface area (Å²) in [5.74, 6) is -0.398. The van der Waals surface area contributed by atoms with Crippen LogP contribution in [-0.2, 0) is 6.18 Å². The number of hydrogen-bond acceptors (Lipinski definition) is 3. The zero-order chi connectivity index (χ0) is 20.6. The van der Waals surface area contributed by atoms with Gasteiger partial charge in [0.1, 0.15) is 11.4 Å². The van der Waals surface area contributed by atoms with E-state index in [2.05, 4.69) is 5.32 Å². The van der Waals surface area contributed by atoms with Gasteiger partial charge < -0.3 is 15.0 Å². The van der Waals surface area contributed by atoms with Gasteiger partial charge in [0.05, 0.1) is 23.2 Å². The summed E-state index contributed by atoms with van der Waals surface area (Å²) in [5, 5.41) is 2.85. The Morgan fingerprint density at radius 2 is 1.69 bits per heavy atom. The predicted molar refractivity (Wildman–Crippen MR) is 98.7 cm³/mol. The lowest BCUT2D eigenvalue weighted by Gasteiger charge is -2.41. The summed E-state index contributed by atoms with van der Waals surface area (Å²) < 4.78 is 45.9. The Morgan fingerprint density at radius 1 is 1.03 bits per heavy atom. The van der Waals surface area contributed by atoms with E-state index in [0.29, 0.717) is 24.2 Å². The molecule has 2 aliphatic heterocycles. The summed E-state index contributed by atoms with van der Waals surface area (Å²) in [7, 11) is 0. The van der Waals surface area contributed by atoms with Crippen molar-refractivity contribution in [2.45, 2.75) is 24.6 Å². The normalized spacial score (nSPS) is 18.4. The Labute approximate surface area is 165 Å². The molecule has 1 N–H and O–H groups in total. The van der Waals surface area contributed by atoms with E-state index in [-0.39, 0.29) is 31.1 Å². The fourth-order valence-electron chi connectivity index (χ4n) is 3.83. The highest BCUT2D eigenvalue weighted by molar-refractivity contribution is 5.97. The number of amides is 2. The van der Waals surface area contributed by atoms with E-state index >= 15 is 0 Å². The van der Waals surface area contributed by atoms with Crippen molar-refractivity contribution in [1.29, 1.82) is 0 Å². The van der Waals surface area contributed by atoms with Crippen LogP contribution in [0.5, 0.6) is 5.75 Å². The van der Waals surface area contributed by atoms with Crippen molar-refractivity contribution >= 4 is 11.8 Å². The molecule has 1 saturated heterocycles. The molecule has 0 atom stereocenters. The lowest BCUT2D eigenvalue weighted by atomic mass is 9.90. The summed E-state index contributed by atoms with van der Waals surface area (Å²) in [6.45, 7) is 0.758. The van der Waals surface area contributed by atoms with Crippen molar-refractivity contribution < 1.29 is 27.5 Å². The minimum atomic E-state index is -4.60. The lowest BCUT2D eigenvalue weighted by Crippen LogP contribution is -2.54. The maximum atomic E-state index is 13.3. The molecule has 2 aromatic rings. The third kappa shape index (κ3) is 3.66. The molecule has 0 unspecified atom stereocenters. The van der Waals surface area contributed by atoms with Crippen molar-refractivity contribution in [2.75, 3.05) is 19.6 Å². The van der Waals surface area contributed by atoms with E-state index < -0.39 is 23.2 Å². The smallest absolute Gasteiger partial charge is 0.417 e. The van der Waals surface area contributed by atoms with Gasteiger partial charge in [-0.3, -0.25) is 9.59 Å². The third-order valence-electron chi connectivity index (χ3n) is 5.45. The Kier molecular flexibility index (Phi) is 4.72. The lowest BCUT2D eigenvalue weighted by molar-refractivity contribution is -0.138. The Hall–Kier alpha value is -3.03. The molecule has 1 spiro atoms. The monoisotopic (exact) mass is 404 g/mol. The summed E-state index contributed by atoms with van der Waals surface area (Å²) >= 11 is 0. The number of nitrogens with zero attached hydrogens (tertiary/aromatic N) is 1. The molecule has 0 bridgehead atoms. The predicted octanol–water partition coefficient (Wildman–Crippen LogP) is 3.50. The molecule has 152 valence electrons. The second-order valence-corrected chi connectivity index (χ2v) is 7.30. The molecule has 5 nitrogen and oxygen atoms in total. The molecule has 0 radical (unpaired) electrons. The Balaban J connectivity index is 1.52. The van der Waals surface area contributed by atoms with E-state index in [1.165, 1.54) is 23.1 Å². The van der Waals surface area contributed by atoms with E-state index in [0.717, 1.165) is 6.07 Å². The van der Waals surface area contributed by atoms with Gasteiger partial charge in [-0.1, -0.05) is 24.3 Å². The van der Waals surface area contributed by atoms with Crippen LogP contribution in [-0.4, -0.2) is 41.9 Å². The number of ether oxygens (including phenoxy) is 1. The molecule has 0 aromatic heterocycles. The van der Waals surface area contributed by atoms with Crippen molar-refractivity contribution in [2.24, 2.45) is 0 Å². The number of hydrogen-bond donors (Lipinski definition) is 1. The molecule has 29 heavy (non-hydrogen) atoms. The van der Waals surface area contributed by atoms with E-state index in [1.54, 1.807) is 24.3 Å². The van der Waals surface area contributed by atoms with Gasteiger partial charge in [-0.2, -0.15) is 13.2 Å². The molecule has 4 rings (SSSR count). The number of benzene rings is 2. The fourth-order valence-corrected chi connectivity index (χ4v) is 3.83.